The van der Waals surface area contributed by atoms with Crippen molar-refractivity contribution in [2.24, 2.45) is 17.8 Å². The van der Waals surface area contributed by atoms with E-state index in [4.69, 9.17) is 9.72 Å². The number of ether oxygens (including phenoxy) is 1. The van der Waals surface area contributed by atoms with Crippen LogP contribution in [-0.2, 0) is 16.2 Å². The van der Waals surface area contributed by atoms with Gasteiger partial charge < -0.3 is 24.5 Å². The maximum atomic E-state index is 13.1. The number of piperazine rings is 1. The average molecular weight is 603 g/mol. The van der Waals surface area contributed by atoms with E-state index in [-0.39, 0.29) is 36.1 Å². The monoisotopic (exact) mass is 602 g/mol. The summed E-state index contributed by atoms with van der Waals surface area (Å²) in [6, 6.07) is 11.7. The predicted octanol–water partition coefficient (Wildman–Crippen LogP) is 4.86. The van der Waals surface area contributed by atoms with E-state index in [1.807, 2.05) is 51.1 Å². The molecule has 1 saturated carbocycles. The first kappa shape index (κ1) is 29.2. The maximum absolute atomic E-state index is 13.1. The molecule has 1 aromatic heterocycles. The van der Waals surface area contributed by atoms with Gasteiger partial charge in [0, 0.05) is 49.2 Å². The minimum atomic E-state index is -0.660. The zero-order valence-electron chi connectivity index (χ0n) is 24.9. The first-order chi connectivity index (χ1) is 20.7. The molecule has 226 valence electrons. The van der Waals surface area contributed by atoms with Crippen LogP contribution in [0, 0.1) is 31.6 Å². The quantitative estimate of drug-likeness (QED) is 0.393. The number of aromatic nitrogens is 1. The van der Waals surface area contributed by atoms with Gasteiger partial charge in [0.15, 0.2) is 5.13 Å². The molecule has 2 bridgehead atoms. The summed E-state index contributed by atoms with van der Waals surface area (Å²) in [5, 5.41) is 12.7. The van der Waals surface area contributed by atoms with Crippen LogP contribution >= 0.6 is 11.3 Å². The number of carboxylic acids is 1. The Morgan fingerprint density at radius 1 is 1.07 bits per heavy atom. The van der Waals surface area contributed by atoms with Gasteiger partial charge >= 0.3 is 5.97 Å². The zero-order valence-corrected chi connectivity index (χ0v) is 25.7. The molecule has 10 heteroatoms. The van der Waals surface area contributed by atoms with E-state index in [1.165, 1.54) is 0 Å². The second-order valence-corrected chi connectivity index (χ2v) is 12.8. The van der Waals surface area contributed by atoms with E-state index in [0.29, 0.717) is 31.8 Å². The number of carbonyl (C=O) groups excluding carboxylic acids is 2. The van der Waals surface area contributed by atoms with Gasteiger partial charge in [-0.05, 0) is 80.8 Å². The minimum absolute atomic E-state index is 0.0140. The van der Waals surface area contributed by atoms with Gasteiger partial charge in [-0.2, -0.15) is 0 Å². The summed E-state index contributed by atoms with van der Waals surface area (Å²) < 4.78 is 6.35. The molecule has 3 fully saturated rings. The summed E-state index contributed by atoms with van der Waals surface area (Å²) in [6.07, 6.45) is 1.94. The van der Waals surface area contributed by atoms with Gasteiger partial charge in [-0.1, -0.05) is 17.7 Å². The van der Waals surface area contributed by atoms with Gasteiger partial charge in [0.1, 0.15) is 18.9 Å². The lowest BCUT2D eigenvalue weighted by molar-refractivity contribution is -0.144. The molecule has 2 aliphatic heterocycles. The fraction of sp³-hybridized carbons (Fsp3) is 0.455. The van der Waals surface area contributed by atoms with Crippen LogP contribution < -0.4 is 9.64 Å². The molecule has 2 saturated heterocycles. The third-order valence-electron chi connectivity index (χ3n) is 9.25. The third-order valence-corrected chi connectivity index (χ3v) is 10.2. The van der Waals surface area contributed by atoms with Crippen LogP contribution in [0.4, 0.5) is 5.13 Å². The number of aryl methyl sites for hydroxylation is 2. The number of anilines is 1. The lowest BCUT2D eigenvalue weighted by Gasteiger charge is -2.35. The van der Waals surface area contributed by atoms with E-state index in [1.54, 1.807) is 21.1 Å². The lowest BCUT2D eigenvalue weighted by Crippen LogP contribution is -2.52. The Kier molecular flexibility index (Phi) is 8.13. The molecule has 3 heterocycles. The Morgan fingerprint density at radius 3 is 2.51 bits per heavy atom. The molecule has 0 radical (unpaired) electrons. The van der Waals surface area contributed by atoms with Crippen molar-refractivity contribution in [1.82, 2.24) is 14.8 Å². The van der Waals surface area contributed by atoms with Crippen LogP contribution in [0.1, 0.15) is 46.8 Å². The van der Waals surface area contributed by atoms with Crippen molar-refractivity contribution < 1.29 is 24.2 Å². The highest BCUT2D eigenvalue weighted by Crippen LogP contribution is 2.44. The molecule has 2 atom stereocenters. The number of hydrogen-bond donors (Lipinski definition) is 1. The van der Waals surface area contributed by atoms with E-state index in [2.05, 4.69) is 16.3 Å². The third kappa shape index (κ3) is 5.85. The van der Waals surface area contributed by atoms with Gasteiger partial charge in [0.2, 0.25) is 5.91 Å². The molecule has 6 rings (SSSR count). The summed E-state index contributed by atoms with van der Waals surface area (Å²) in [5.41, 5.74) is 5.38. The number of hydrogen-bond acceptors (Lipinski definition) is 7. The standard InChI is InChI=1S/C33H38N4O5S/c1-4-35-11-12-36(17-29(35)38)31(39)22-6-9-25(21(3)14-22)18-42-28-10-5-20(2)13-26(28)27-19-43-33(34-27)37-15-23-7-8-24(16-37)30(23)32(40)41/h5-6,9-10,13-14,19,23-24,30H,4,7-8,11-12,15-18H2,1-3H3,(H,40,41). The first-order valence-corrected chi connectivity index (χ1v) is 15.9. The Morgan fingerprint density at radius 2 is 1.84 bits per heavy atom. The number of piperidine rings is 1. The van der Waals surface area contributed by atoms with Crippen molar-refractivity contribution in [1.29, 1.82) is 0 Å². The molecule has 43 heavy (non-hydrogen) atoms. The van der Waals surface area contributed by atoms with Gasteiger partial charge in [-0.25, -0.2) is 4.98 Å². The van der Waals surface area contributed by atoms with Crippen molar-refractivity contribution in [2.45, 2.75) is 40.2 Å². The molecule has 2 aromatic carbocycles. The van der Waals surface area contributed by atoms with Crippen LogP contribution in [-0.4, -0.2) is 76.9 Å². The second kappa shape index (κ2) is 12.0. The molecular weight excluding hydrogens is 564 g/mol. The Bertz CT molecular complexity index is 1540. The molecule has 3 aliphatic rings. The smallest absolute Gasteiger partial charge is 0.307 e. The Hall–Kier alpha value is -3.92. The second-order valence-electron chi connectivity index (χ2n) is 12.0. The molecule has 0 spiro atoms. The van der Waals surface area contributed by atoms with Gasteiger partial charge in [0.05, 0.1) is 11.6 Å². The molecule has 2 amide bonds. The van der Waals surface area contributed by atoms with Crippen molar-refractivity contribution in [2.75, 3.05) is 44.2 Å². The first-order valence-electron chi connectivity index (χ1n) is 15.1. The van der Waals surface area contributed by atoms with Crippen molar-refractivity contribution in [3.8, 4) is 17.0 Å². The fourth-order valence-corrected chi connectivity index (χ4v) is 7.68. The number of aliphatic carboxylic acids is 1. The number of carboxylic acid groups (broad SMARTS) is 1. The number of fused-ring (bicyclic) bond motifs is 2. The van der Waals surface area contributed by atoms with E-state index in [0.717, 1.165) is 64.8 Å². The normalized spacial score (nSPS) is 21.8. The fourth-order valence-electron chi connectivity index (χ4n) is 6.83. The van der Waals surface area contributed by atoms with Crippen LogP contribution in [0.3, 0.4) is 0 Å². The van der Waals surface area contributed by atoms with Crippen LogP contribution in [0.25, 0.3) is 11.3 Å². The highest BCUT2D eigenvalue weighted by atomic mass is 32.1. The number of carbonyl (C=O) groups is 3. The molecule has 2 unspecified atom stereocenters. The predicted molar refractivity (Wildman–Crippen MR) is 166 cm³/mol. The SMILES string of the molecule is CCN1CCN(C(=O)c2ccc(COc3ccc(C)cc3-c3csc(N4CC5CCC(C4)C5C(=O)O)n3)c(C)c2)CC1=O. The Labute approximate surface area is 256 Å². The van der Waals surface area contributed by atoms with Crippen molar-refractivity contribution in [3.63, 3.8) is 0 Å². The average Bonchev–Trinajstić information content (AvgIpc) is 3.59. The van der Waals surface area contributed by atoms with E-state index >= 15 is 0 Å². The molecule has 3 aromatic rings. The maximum Gasteiger partial charge on any atom is 0.307 e. The van der Waals surface area contributed by atoms with Crippen LogP contribution in [0.15, 0.2) is 41.8 Å². The largest absolute Gasteiger partial charge is 0.488 e. The Balaban J connectivity index is 1.14. The molecule has 1 aliphatic carbocycles. The van der Waals surface area contributed by atoms with Crippen LogP contribution in [0.2, 0.25) is 0 Å². The highest BCUT2D eigenvalue weighted by molar-refractivity contribution is 7.14. The van der Waals surface area contributed by atoms with Gasteiger partial charge in [-0.3, -0.25) is 14.4 Å². The molecular formula is C33H38N4O5S. The zero-order chi connectivity index (χ0) is 30.2. The summed E-state index contributed by atoms with van der Waals surface area (Å²) in [4.78, 5) is 47.8. The van der Waals surface area contributed by atoms with E-state index < -0.39 is 5.97 Å². The number of nitrogens with zero attached hydrogens (tertiary/aromatic N) is 4. The molecule has 9 nitrogen and oxygen atoms in total. The molecule has 1 N–H and O–H groups in total. The van der Waals surface area contributed by atoms with Crippen LogP contribution in [0.5, 0.6) is 5.75 Å². The number of amides is 2. The highest BCUT2D eigenvalue weighted by Gasteiger charge is 2.46. The van der Waals surface area contributed by atoms with Crippen molar-refractivity contribution >= 4 is 34.3 Å². The topological polar surface area (TPSA) is 103 Å². The number of rotatable bonds is 8. The van der Waals surface area contributed by atoms with Crippen molar-refractivity contribution in [3.05, 3.63) is 64.0 Å². The summed E-state index contributed by atoms with van der Waals surface area (Å²) in [6.45, 7) is 9.67. The lowest BCUT2D eigenvalue weighted by atomic mass is 9.85. The van der Waals surface area contributed by atoms with Gasteiger partial charge in [-0.15, -0.1) is 11.3 Å². The summed E-state index contributed by atoms with van der Waals surface area (Å²) in [5.74, 6) is 0.0647. The van der Waals surface area contributed by atoms with E-state index in [9.17, 15) is 19.5 Å². The number of thiazole rings is 1. The van der Waals surface area contributed by atoms with Gasteiger partial charge in [0.25, 0.3) is 5.91 Å². The number of benzene rings is 2. The summed E-state index contributed by atoms with van der Waals surface area (Å²) in [7, 11) is 0. The summed E-state index contributed by atoms with van der Waals surface area (Å²) >= 11 is 1.59. The minimum Gasteiger partial charge on any atom is -0.488 e. The number of likely N-dealkylation sites (N-methyl/N-ethyl adjacent to an activating group) is 1.